The van der Waals surface area contributed by atoms with E-state index in [0.717, 1.165) is 18.2 Å². The van der Waals surface area contributed by atoms with Crippen molar-refractivity contribution in [1.82, 2.24) is 0 Å². The van der Waals surface area contributed by atoms with Gasteiger partial charge in [0.15, 0.2) is 0 Å². The number of nitrogens with two attached hydrogens (primary N) is 1. The van der Waals surface area contributed by atoms with Crippen molar-refractivity contribution in [3.63, 3.8) is 0 Å². The molecule has 0 fully saturated rings. The van der Waals surface area contributed by atoms with Crippen LogP contribution < -0.4 is 10.5 Å². The lowest BCUT2D eigenvalue weighted by atomic mass is 10.0. The van der Waals surface area contributed by atoms with E-state index < -0.39 is 17.9 Å². The van der Waals surface area contributed by atoms with Gasteiger partial charge in [0, 0.05) is 22.7 Å². The van der Waals surface area contributed by atoms with Crippen molar-refractivity contribution in [2.24, 2.45) is 5.73 Å². The maximum atomic E-state index is 13.3. The molecule has 0 radical (unpaired) electrons. The van der Waals surface area contributed by atoms with Crippen LogP contribution in [-0.4, -0.2) is 6.36 Å². The van der Waals surface area contributed by atoms with E-state index in [1.165, 1.54) is 18.2 Å². The minimum absolute atomic E-state index is 0.0276. The molecule has 21 heavy (non-hydrogen) atoms. The first kappa shape index (κ1) is 15.6. The van der Waals surface area contributed by atoms with Gasteiger partial charge in [-0.05, 0) is 35.9 Å². The Labute approximate surface area is 123 Å². The van der Waals surface area contributed by atoms with E-state index in [1.54, 1.807) is 0 Å². The fourth-order valence-corrected chi connectivity index (χ4v) is 2.05. The lowest BCUT2D eigenvalue weighted by molar-refractivity contribution is -0.274. The Morgan fingerprint density at radius 2 is 1.76 bits per heavy atom. The molecule has 2 aromatic carbocycles. The summed E-state index contributed by atoms with van der Waals surface area (Å²) in [5.41, 5.74) is 6.17. The van der Waals surface area contributed by atoms with Gasteiger partial charge >= 0.3 is 6.36 Å². The summed E-state index contributed by atoms with van der Waals surface area (Å²) in [7, 11) is 0. The summed E-state index contributed by atoms with van der Waals surface area (Å²) >= 11 is 5.93. The largest absolute Gasteiger partial charge is 0.573 e. The third-order valence-corrected chi connectivity index (χ3v) is 3.05. The fraction of sp³-hybridized carbons (Fsp3) is 0.143. The first-order valence-electron chi connectivity index (χ1n) is 5.84. The lowest BCUT2D eigenvalue weighted by Gasteiger charge is -2.15. The highest BCUT2D eigenvalue weighted by Crippen LogP contribution is 2.38. The second kappa shape index (κ2) is 5.91. The Kier molecular flexibility index (Phi) is 4.39. The fourth-order valence-electron chi connectivity index (χ4n) is 1.83. The number of rotatable bonds is 3. The SMILES string of the molecule is NCc1ccc(OC(F)(F)F)c(-c2cc(F)ccc2Cl)c1. The van der Waals surface area contributed by atoms with Crippen molar-refractivity contribution in [3.05, 3.63) is 52.8 Å². The predicted molar refractivity (Wildman–Crippen MR) is 71.4 cm³/mol. The van der Waals surface area contributed by atoms with Gasteiger partial charge in [-0.1, -0.05) is 17.7 Å². The van der Waals surface area contributed by atoms with Gasteiger partial charge in [0.1, 0.15) is 11.6 Å². The summed E-state index contributed by atoms with van der Waals surface area (Å²) in [5, 5.41) is 0.109. The van der Waals surface area contributed by atoms with Crippen molar-refractivity contribution < 1.29 is 22.3 Å². The Bertz CT molecular complexity index is 658. The molecule has 0 aliphatic rings. The van der Waals surface area contributed by atoms with Crippen molar-refractivity contribution in [3.8, 4) is 16.9 Å². The van der Waals surface area contributed by atoms with Gasteiger partial charge in [-0.3, -0.25) is 0 Å². The van der Waals surface area contributed by atoms with Gasteiger partial charge < -0.3 is 10.5 Å². The van der Waals surface area contributed by atoms with Crippen molar-refractivity contribution >= 4 is 11.6 Å². The van der Waals surface area contributed by atoms with Gasteiger partial charge in [0.05, 0.1) is 0 Å². The third-order valence-electron chi connectivity index (χ3n) is 2.72. The highest BCUT2D eigenvalue weighted by Gasteiger charge is 2.32. The average molecular weight is 320 g/mol. The number of hydrogen-bond donors (Lipinski definition) is 1. The van der Waals surface area contributed by atoms with Crippen molar-refractivity contribution in [2.75, 3.05) is 0 Å². The van der Waals surface area contributed by atoms with Crippen LogP contribution in [0.15, 0.2) is 36.4 Å². The Morgan fingerprint density at radius 3 is 2.38 bits per heavy atom. The molecule has 2 rings (SSSR count). The van der Waals surface area contributed by atoms with Crippen molar-refractivity contribution in [1.29, 1.82) is 0 Å². The van der Waals surface area contributed by atoms with Crippen LogP contribution >= 0.6 is 11.6 Å². The average Bonchev–Trinajstić information content (AvgIpc) is 2.40. The van der Waals surface area contributed by atoms with Crippen LogP contribution in [0.25, 0.3) is 11.1 Å². The maximum Gasteiger partial charge on any atom is 0.573 e. The molecular formula is C14H10ClF4NO. The van der Waals surface area contributed by atoms with E-state index in [2.05, 4.69) is 4.74 Å². The second-order valence-electron chi connectivity index (χ2n) is 4.21. The zero-order valence-corrected chi connectivity index (χ0v) is 11.3. The maximum absolute atomic E-state index is 13.3. The zero-order chi connectivity index (χ0) is 15.6. The van der Waals surface area contributed by atoms with Crippen LogP contribution in [0.4, 0.5) is 17.6 Å². The molecule has 0 aliphatic carbocycles. The van der Waals surface area contributed by atoms with Gasteiger partial charge in [-0.15, -0.1) is 13.2 Å². The summed E-state index contributed by atoms with van der Waals surface area (Å²) in [4.78, 5) is 0. The normalized spacial score (nSPS) is 11.5. The molecule has 2 aromatic rings. The predicted octanol–water partition coefficient (Wildman–Crippen LogP) is 4.50. The lowest BCUT2D eigenvalue weighted by Crippen LogP contribution is -2.17. The number of hydrogen-bond acceptors (Lipinski definition) is 2. The smallest absolute Gasteiger partial charge is 0.405 e. The molecule has 0 saturated heterocycles. The molecule has 0 aromatic heterocycles. The molecule has 7 heteroatoms. The van der Waals surface area contributed by atoms with Gasteiger partial charge in [0.2, 0.25) is 0 Å². The number of halogens is 5. The topological polar surface area (TPSA) is 35.2 Å². The summed E-state index contributed by atoms with van der Waals surface area (Å²) in [6.45, 7) is 0.117. The number of ether oxygens (including phenoxy) is 1. The van der Waals surface area contributed by atoms with Crippen molar-refractivity contribution in [2.45, 2.75) is 12.9 Å². The van der Waals surface area contributed by atoms with Crippen LogP contribution in [0, 0.1) is 5.82 Å². The van der Waals surface area contributed by atoms with E-state index in [1.807, 2.05) is 0 Å². The molecular weight excluding hydrogens is 310 g/mol. The van der Waals surface area contributed by atoms with Crippen LogP contribution in [0.1, 0.15) is 5.56 Å². The summed E-state index contributed by atoms with van der Waals surface area (Å²) < 4.78 is 54.6. The Balaban J connectivity index is 2.61. The molecule has 0 heterocycles. The van der Waals surface area contributed by atoms with Crippen LogP contribution in [0.5, 0.6) is 5.75 Å². The first-order valence-corrected chi connectivity index (χ1v) is 6.22. The quantitative estimate of drug-likeness (QED) is 0.845. The minimum Gasteiger partial charge on any atom is -0.405 e. The van der Waals surface area contributed by atoms with Crippen LogP contribution in [-0.2, 0) is 6.54 Å². The molecule has 0 amide bonds. The summed E-state index contributed by atoms with van der Waals surface area (Å²) in [5.74, 6) is -1.09. The molecule has 0 atom stereocenters. The van der Waals surface area contributed by atoms with Crippen LogP contribution in [0.2, 0.25) is 5.02 Å². The molecule has 2 nitrogen and oxygen atoms in total. The standard InChI is InChI=1S/C14H10ClF4NO/c15-12-3-2-9(16)6-10(12)11-5-8(7-20)1-4-13(11)21-14(17,18)19/h1-6H,7,20H2. The van der Waals surface area contributed by atoms with E-state index in [4.69, 9.17) is 17.3 Å². The van der Waals surface area contributed by atoms with Crippen LogP contribution in [0.3, 0.4) is 0 Å². The van der Waals surface area contributed by atoms with E-state index >= 15 is 0 Å². The number of benzene rings is 2. The van der Waals surface area contributed by atoms with E-state index in [9.17, 15) is 17.6 Å². The highest BCUT2D eigenvalue weighted by atomic mass is 35.5. The molecule has 0 spiro atoms. The Morgan fingerprint density at radius 1 is 1.05 bits per heavy atom. The second-order valence-corrected chi connectivity index (χ2v) is 4.61. The minimum atomic E-state index is -4.86. The zero-order valence-electron chi connectivity index (χ0n) is 10.5. The number of alkyl halides is 3. The van der Waals surface area contributed by atoms with E-state index in [0.29, 0.717) is 5.56 Å². The summed E-state index contributed by atoms with van der Waals surface area (Å²) in [6, 6.07) is 7.34. The van der Waals surface area contributed by atoms with E-state index in [-0.39, 0.29) is 22.7 Å². The van der Waals surface area contributed by atoms with Gasteiger partial charge in [-0.25, -0.2) is 4.39 Å². The third kappa shape index (κ3) is 3.86. The molecule has 0 bridgehead atoms. The molecule has 2 N–H and O–H groups in total. The summed E-state index contributed by atoms with van der Waals surface area (Å²) in [6.07, 6.45) is -4.86. The Hall–Kier alpha value is -1.79. The first-order chi connectivity index (χ1) is 9.80. The molecule has 0 aliphatic heterocycles. The highest BCUT2D eigenvalue weighted by molar-refractivity contribution is 6.33. The van der Waals surface area contributed by atoms with Gasteiger partial charge in [-0.2, -0.15) is 0 Å². The molecule has 112 valence electrons. The molecule has 0 saturated carbocycles. The van der Waals surface area contributed by atoms with Gasteiger partial charge in [0.25, 0.3) is 0 Å². The monoisotopic (exact) mass is 319 g/mol. The molecule has 0 unspecified atom stereocenters.